The molecule has 1 N–H and O–H groups in total. The van der Waals surface area contributed by atoms with Crippen molar-refractivity contribution in [1.29, 1.82) is 0 Å². The Morgan fingerprint density at radius 3 is 2.50 bits per heavy atom. The van der Waals surface area contributed by atoms with Crippen molar-refractivity contribution in [3.63, 3.8) is 0 Å². The van der Waals surface area contributed by atoms with Gasteiger partial charge in [-0.3, -0.25) is 0 Å². The predicted molar refractivity (Wildman–Crippen MR) is 78.1 cm³/mol. The lowest BCUT2D eigenvalue weighted by Gasteiger charge is -2.51. The number of fused-ring (bicyclic) bond motifs is 1. The van der Waals surface area contributed by atoms with Crippen molar-refractivity contribution in [1.82, 2.24) is 0 Å². The van der Waals surface area contributed by atoms with Gasteiger partial charge in [0.25, 0.3) is 0 Å². The second kappa shape index (κ2) is 4.51. The molecule has 120 valence electrons. The van der Waals surface area contributed by atoms with Gasteiger partial charge in [-0.15, -0.1) is 0 Å². The molecule has 0 unspecified atom stereocenters. The zero-order chi connectivity index (χ0) is 15.7. The summed E-state index contributed by atoms with van der Waals surface area (Å²) in [5.74, 6) is -0.532. The second-order valence-corrected chi connectivity index (χ2v) is 7.94. The predicted octanol–water partition coefficient (Wildman–Crippen LogP) is 3.84. The molecule has 2 saturated carbocycles. The number of hydrogen-bond donors (Lipinski definition) is 1. The Balaban J connectivity index is 1.73. The van der Waals surface area contributed by atoms with E-state index in [0.717, 1.165) is 25.3 Å². The third kappa shape index (κ3) is 1.77. The van der Waals surface area contributed by atoms with Crippen molar-refractivity contribution < 1.29 is 18.6 Å². The van der Waals surface area contributed by atoms with E-state index < -0.39 is 11.6 Å². The van der Waals surface area contributed by atoms with Gasteiger partial charge in [-0.2, -0.15) is 0 Å². The molecule has 2 aliphatic carbocycles. The molecule has 4 rings (SSSR count). The SMILES string of the molecule is CC1(C)[C@@H]2C[C@@H]3[C@@H](c4cc(F)cc(F)c4)OCC[C@@]3(C2)[C@@H]1O. The number of aliphatic hydroxyl groups excluding tert-OH is 1. The first-order valence-electron chi connectivity index (χ1n) is 8.10. The van der Waals surface area contributed by atoms with Gasteiger partial charge in [0, 0.05) is 18.1 Å². The van der Waals surface area contributed by atoms with Crippen molar-refractivity contribution in [3.8, 4) is 0 Å². The molecule has 0 aromatic heterocycles. The average Bonchev–Trinajstić information content (AvgIpc) is 2.92. The molecule has 0 radical (unpaired) electrons. The van der Waals surface area contributed by atoms with Gasteiger partial charge in [0.05, 0.1) is 12.2 Å². The highest BCUT2D eigenvalue weighted by atomic mass is 19.1. The lowest BCUT2D eigenvalue weighted by atomic mass is 9.60. The van der Waals surface area contributed by atoms with E-state index in [1.807, 2.05) is 0 Å². The fraction of sp³-hybridized carbons (Fsp3) is 0.667. The quantitative estimate of drug-likeness (QED) is 0.854. The zero-order valence-corrected chi connectivity index (χ0v) is 13.0. The summed E-state index contributed by atoms with van der Waals surface area (Å²) >= 11 is 0. The molecule has 2 bridgehead atoms. The van der Waals surface area contributed by atoms with E-state index in [4.69, 9.17) is 4.74 Å². The van der Waals surface area contributed by atoms with E-state index in [1.165, 1.54) is 12.1 Å². The Morgan fingerprint density at radius 2 is 1.86 bits per heavy atom. The van der Waals surface area contributed by atoms with E-state index in [0.29, 0.717) is 18.1 Å². The third-order valence-electron chi connectivity index (χ3n) is 6.65. The summed E-state index contributed by atoms with van der Waals surface area (Å²) in [4.78, 5) is 0. The number of halogens is 2. The maximum absolute atomic E-state index is 13.6. The Bertz CT molecular complexity index is 595. The van der Waals surface area contributed by atoms with Crippen molar-refractivity contribution in [2.75, 3.05) is 6.61 Å². The van der Waals surface area contributed by atoms with E-state index in [-0.39, 0.29) is 29.0 Å². The fourth-order valence-electron chi connectivity index (χ4n) is 5.49. The molecule has 1 saturated heterocycles. The van der Waals surface area contributed by atoms with Crippen LogP contribution in [0, 0.1) is 34.3 Å². The van der Waals surface area contributed by atoms with Crippen LogP contribution in [0.1, 0.15) is 44.8 Å². The first kappa shape index (κ1) is 14.6. The molecule has 1 aliphatic heterocycles. The summed E-state index contributed by atoms with van der Waals surface area (Å²) < 4.78 is 33.0. The molecule has 22 heavy (non-hydrogen) atoms. The molecular weight excluding hydrogens is 286 g/mol. The standard InChI is InChI=1S/C18H22F2O2/c1-17(2)11-7-14-15(10-5-12(19)8-13(20)6-10)22-4-3-18(14,9-11)16(17)21/h5-6,8,11,14-16,21H,3-4,7,9H2,1-2H3/t11-,14-,15-,16-,18+/m1/s1. The highest BCUT2D eigenvalue weighted by Crippen LogP contribution is 2.70. The Morgan fingerprint density at radius 1 is 1.18 bits per heavy atom. The lowest BCUT2D eigenvalue weighted by molar-refractivity contribution is -0.164. The summed E-state index contributed by atoms with van der Waals surface area (Å²) in [6, 6.07) is 3.63. The first-order valence-corrected chi connectivity index (χ1v) is 8.10. The van der Waals surface area contributed by atoms with Crippen LogP contribution in [-0.2, 0) is 4.74 Å². The summed E-state index contributed by atoms with van der Waals surface area (Å²) in [6.07, 6.45) is 2.13. The van der Waals surface area contributed by atoms with E-state index in [1.54, 1.807) is 0 Å². The summed E-state index contributed by atoms with van der Waals surface area (Å²) in [5, 5.41) is 10.9. The summed E-state index contributed by atoms with van der Waals surface area (Å²) in [5.41, 5.74) is 0.338. The van der Waals surface area contributed by atoms with Crippen LogP contribution in [0.5, 0.6) is 0 Å². The number of aliphatic hydroxyl groups is 1. The molecule has 3 aliphatic rings. The van der Waals surface area contributed by atoms with Gasteiger partial charge >= 0.3 is 0 Å². The Hall–Kier alpha value is -1.00. The summed E-state index contributed by atoms with van der Waals surface area (Å²) in [7, 11) is 0. The lowest BCUT2D eigenvalue weighted by Crippen LogP contribution is -2.51. The maximum Gasteiger partial charge on any atom is 0.126 e. The van der Waals surface area contributed by atoms with Gasteiger partial charge in [-0.1, -0.05) is 13.8 Å². The molecule has 1 aromatic carbocycles. The van der Waals surface area contributed by atoms with Gasteiger partial charge in [0.1, 0.15) is 11.6 Å². The topological polar surface area (TPSA) is 29.5 Å². The first-order chi connectivity index (χ1) is 10.3. The number of rotatable bonds is 1. The minimum absolute atomic E-state index is 0.0778. The Kier molecular flexibility index (Phi) is 2.99. The minimum atomic E-state index is -0.567. The van der Waals surface area contributed by atoms with Crippen LogP contribution in [0.15, 0.2) is 18.2 Å². The van der Waals surface area contributed by atoms with E-state index >= 15 is 0 Å². The van der Waals surface area contributed by atoms with Crippen molar-refractivity contribution >= 4 is 0 Å². The van der Waals surface area contributed by atoms with Crippen molar-refractivity contribution in [3.05, 3.63) is 35.4 Å². The normalized spacial score (nSPS) is 42.4. The van der Waals surface area contributed by atoms with Crippen LogP contribution in [0.4, 0.5) is 8.78 Å². The molecule has 3 fully saturated rings. The van der Waals surface area contributed by atoms with Gasteiger partial charge in [0.15, 0.2) is 0 Å². The summed E-state index contributed by atoms with van der Waals surface area (Å²) in [6.45, 7) is 4.82. The van der Waals surface area contributed by atoms with Crippen LogP contribution in [0.25, 0.3) is 0 Å². The molecular formula is C18H22F2O2. The van der Waals surface area contributed by atoms with Crippen LogP contribution in [0.2, 0.25) is 0 Å². The number of benzene rings is 1. The van der Waals surface area contributed by atoms with Crippen LogP contribution in [-0.4, -0.2) is 17.8 Å². The molecule has 5 atom stereocenters. The van der Waals surface area contributed by atoms with Crippen molar-refractivity contribution in [2.24, 2.45) is 22.7 Å². The zero-order valence-electron chi connectivity index (χ0n) is 13.0. The minimum Gasteiger partial charge on any atom is -0.392 e. The molecule has 2 nitrogen and oxygen atoms in total. The largest absolute Gasteiger partial charge is 0.392 e. The van der Waals surface area contributed by atoms with E-state index in [9.17, 15) is 13.9 Å². The van der Waals surface area contributed by atoms with Crippen LogP contribution < -0.4 is 0 Å². The molecule has 1 aromatic rings. The molecule has 1 spiro atoms. The highest BCUT2D eigenvalue weighted by Gasteiger charge is 2.68. The van der Waals surface area contributed by atoms with E-state index in [2.05, 4.69) is 13.8 Å². The molecule has 0 amide bonds. The molecule has 4 heteroatoms. The van der Waals surface area contributed by atoms with Crippen LogP contribution in [0.3, 0.4) is 0 Å². The second-order valence-electron chi connectivity index (χ2n) is 7.94. The van der Waals surface area contributed by atoms with Crippen molar-refractivity contribution in [2.45, 2.75) is 45.3 Å². The monoisotopic (exact) mass is 308 g/mol. The third-order valence-corrected chi connectivity index (χ3v) is 6.65. The van der Waals surface area contributed by atoms with Gasteiger partial charge in [-0.25, -0.2) is 8.78 Å². The average molecular weight is 308 g/mol. The fourth-order valence-corrected chi connectivity index (χ4v) is 5.49. The number of ether oxygens (including phenoxy) is 1. The Labute approximate surface area is 129 Å². The smallest absolute Gasteiger partial charge is 0.126 e. The van der Waals surface area contributed by atoms with Gasteiger partial charge in [-0.05, 0) is 54.2 Å². The highest BCUT2D eigenvalue weighted by molar-refractivity contribution is 5.26. The van der Waals surface area contributed by atoms with Gasteiger partial charge in [0.2, 0.25) is 0 Å². The maximum atomic E-state index is 13.6. The molecule has 1 heterocycles. The number of hydrogen-bond acceptors (Lipinski definition) is 2. The van der Waals surface area contributed by atoms with Crippen LogP contribution >= 0.6 is 0 Å². The van der Waals surface area contributed by atoms with Gasteiger partial charge < -0.3 is 9.84 Å².